The number of hydrogen-bond donors (Lipinski definition) is 2. The Morgan fingerprint density at radius 2 is 1.83 bits per heavy atom. The van der Waals surface area contributed by atoms with Crippen LogP contribution in [0.25, 0.3) is 0 Å². The van der Waals surface area contributed by atoms with Gasteiger partial charge in [0.1, 0.15) is 5.71 Å². The van der Waals surface area contributed by atoms with E-state index in [1.807, 2.05) is 0 Å². The minimum Gasteiger partial charge on any atom is -0.411 e. The van der Waals surface area contributed by atoms with Gasteiger partial charge in [-0.2, -0.15) is 5.10 Å². The van der Waals surface area contributed by atoms with Gasteiger partial charge in [0.2, 0.25) is 0 Å². The van der Waals surface area contributed by atoms with Crippen molar-refractivity contribution < 1.29 is 14.9 Å². The molecule has 0 atom stereocenters. The number of nitro benzene ring substituents is 1. The summed E-state index contributed by atoms with van der Waals surface area (Å²) in [5.41, 5.74) is 3.03. The second-order valence-corrected chi connectivity index (χ2v) is 4.36. The van der Waals surface area contributed by atoms with Gasteiger partial charge in [-0.15, -0.1) is 0 Å². The zero-order valence-corrected chi connectivity index (χ0v) is 11.8. The second-order valence-electron chi connectivity index (χ2n) is 4.36. The van der Waals surface area contributed by atoms with E-state index in [0.717, 1.165) is 12.3 Å². The van der Waals surface area contributed by atoms with Crippen LogP contribution in [0.1, 0.15) is 15.9 Å². The van der Waals surface area contributed by atoms with Crippen LogP contribution in [-0.2, 0) is 0 Å². The Morgan fingerprint density at radius 1 is 1.13 bits per heavy atom. The van der Waals surface area contributed by atoms with Gasteiger partial charge in [0.15, 0.2) is 0 Å². The van der Waals surface area contributed by atoms with Gasteiger partial charge in [0.25, 0.3) is 11.6 Å². The molecule has 0 aliphatic heterocycles. The van der Waals surface area contributed by atoms with Crippen LogP contribution < -0.4 is 5.43 Å². The summed E-state index contributed by atoms with van der Waals surface area (Å²) < 4.78 is 0. The smallest absolute Gasteiger partial charge is 0.271 e. The van der Waals surface area contributed by atoms with Gasteiger partial charge in [0, 0.05) is 23.3 Å². The molecule has 0 fully saturated rings. The van der Waals surface area contributed by atoms with Crippen molar-refractivity contribution in [1.29, 1.82) is 0 Å². The summed E-state index contributed by atoms with van der Waals surface area (Å²) in [5, 5.41) is 26.2. The Balaban J connectivity index is 2.21. The fraction of sp³-hybridized carbons (Fsp3) is 0. The summed E-state index contributed by atoms with van der Waals surface area (Å²) in [6.45, 7) is 0. The fourth-order valence-electron chi connectivity index (χ4n) is 1.77. The molecule has 8 heteroatoms. The molecule has 116 valence electrons. The van der Waals surface area contributed by atoms with E-state index < -0.39 is 10.8 Å². The Hall–Kier alpha value is -3.55. The average molecular weight is 312 g/mol. The Bertz CT molecular complexity index is 772. The molecule has 0 radical (unpaired) electrons. The lowest BCUT2D eigenvalue weighted by Gasteiger charge is -2.03. The fourth-order valence-corrected chi connectivity index (χ4v) is 1.77. The molecule has 0 saturated heterocycles. The van der Waals surface area contributed by atoms with Crippen LogP contribution in [0.3, 0.4) is 0 Å². The molecule has 0 bridgehead atoms. The van der Waals surface area contributed by atoms with Crippen molar-refractivity contribution >= 4 is 23.5 Å². The van der Waals surface area contributed by atoms with Crippen LogP contribution in [0.2, 0.25) is 0 Å². The highest BCUT2D eigenvalue weighted by molar-refractivity contribution is 6.38. The lowest BCUT2D eigenvalue weighted by molar-refractivity contribution is -0.384. The van der Waals surface area contributed by atoms with Crippen molar-refractivity contribution in [3.05, 3.63) is 75.8 Å². The zero-order valence-electron chi connectivity index (χ0n) is 11.8. The minimum absolute atomic E-state index is 0.0938. The highest BCUT2D eigenvalue weighted by atomic mass is 16.6. The first-order chi connectivity index (χ1) is 11.1. The van der Waals surface area contributed by atoms with Crippen LogP contribution >= 0.6 is 0 Å². The van der Waals surface area contributed by atoms with E-state index in [9.17, 15) is 14.9 Å². The standard InChI is InChI=1S/C15H12N4O4/c20-15(12-7-4-8-13(9-12)19(22)23)18-17-14(10-16-21)11-5-2-1-3-6-11/h1-10,21H,(H,18,20). The number of amides is 1. The number of nitro groups is 1. The van der Waals surface area contributed by atoms with Crippen LogP contribution in [0.5, 0.6) is 0 Å². The molecular formula is C15H12N4O4. The van der Waals surface area contributed by atoms with Crippen molar-refractivity contribution in [2.24, 2.45) is 10.3 Å². The molecule has 1 amide bonds. The van der Waals surface area contributed by atoms with Gasteiger partial charge >= 0.3 is 0 Å². The minimum atomic E-state index is -0.617. The highest BCUT2D eigenvalue weighted by Gasteiger charge is 2.11. The van der Waals surface area contributed by atoms with Gasteiger partial charge in [-0.05, 0) is 6.07 Å². The number of non-ortho nitro benzene ring substituents is 1. The molecule has 0 aliphatic carbocycles. The first kappa shape index (κ1) is 15.8. The maximum absolute atomic E-state index is 12.0. The number of carbonyl (C=O) groups excluding carboxylic acids is 1. The predicted molar refractivity (Wildman–Crippen MR) is 83.8 cm³/mol. The first-order valence-electron chi connectivity index (χ1n) is 6.47. The Morgan fingerprint density at radius 3 is 2.48 bits per heavy atom. The number of hydrogen-bond acceptors (Lipinski definition) is 6. The van der Waals surface area contributed by atoms with Gasteiger partial charge in [-0.25, -0.2) is 5.43 Å². The number of benzene rings is 2. The van der Waals surface area contributed by atoms with Crippen LogP contribution in [0.15, 0.2) is 64.9 Å². The highest BCUT2D eigenvalue weighted by Crippen LogP contribution is 2.12. The van der Waals surface area contributed by atoms with E-state index >= 15 is 0 Å². The number of carbonyl (C=O) groups is 1. The van der Waals surface area contributed by atoms with E-state index in [1.165, 1.54) is 18.2 Å². The van der Waals surface area contributed by atoms with Crippen molar-refractivity contribution in [3.8, 4) is 0 Å². The summed E-state index contributed by atoms with van der Waals surface area (Å²) in [7, 11) is 0. The van der Waals surface area contributed by atoms with Gasteiger partial charge in [0.05, 0.1) is 11.1 Å². The molecule has 0 heterocycles. The Labute approximate surface area is 130 Å². The quantitative estimate of drug-likeness (QED) is 0.381. The van der Waals surface area contributed by atoms with Crippen LogP contribution in [0, 0.1) is 10.1 Å². The molecule has 2 rings (SSSR count). The molecule has 23 heavy (non-hydrogen) atoms. The van der Waals surface area contributed by atoms with E-state index in [2.05, 4.69) is 15.7 Å². The normalized spacial score (nSPS) is 11.4. The number of nitrogens with one attached hydrogen (secondary N) is 1. The van der Waals surface area contributed by atoms with Gasteiger partial charge in [-0.3, -0.25) is 14.9 Å². The van der Waals surface area contributed by atoms with Crippen molar-refractivity contribution in [1.82, 2.24) is 5.43 Å². The molecular weight excluding hydrogens is 300 g/mol. The molecule has 2 N–H and O–H groups in total. The summed E-state index contributed by atoms with van der Waals surface area (Å²) in [6.07, 6.45) is 1.07. The molecule has 0 spiro atoms. The molecule has 2 aromatic carbocycles. The van der Waals surface area contributed by atoms with Crippen LogP contribution in [-0.4, -0.2) is 28.0 Å². The third-order valence-corrected chi connectivity index (χ3v) is 2.85. The SMILES string of the molecule is O=C(NN=C(C=NO)c1ccccc1)c1cccc([N+](=O)[O-])c1. The van der Waals surface area contributed by atoms with Crippen LogP contribution in [0.4, 0.5) is 5.69 Å². The number of rotatable bonds is 5. The molecule has 0 aromatic heterocycles. The maximum atomic E-state index is 12.0. The lowest BCUT2D eigenvalue weighted by Crippen LogP contribution is -2.20. The van der Waals surface area contributed by atoms with Crippen molar-refractivity contribution in [2.45, 2.75) is 0 Å². The van der Waals surface area contributed by atoms with E-state index in [4.69, 9.17) is 5.21 Å². The Kier molecular flexibility index (Phi) is 5.13. The molecule has 2 aromatic rings. The lowest BCUT2D eigenvalue weighted by atomic mass is 10.1. The summed E-state index contributed by atoms with van der Waals surface area (Å²) >= 11 is 0. The summed E-state index contributed by atoms with van der Waals surface area (Å²) in [4.78, 5) is 22.1. The van der Waals surface area contributed by atoms with Gasteiger partial charge in [-0.1, -0.05) is 41.6 Å². The summed E-state index contributed by atoms with van der Waals surface area (Å²) in [6, 6.07) is 14.0. The molecule has 0 unspecified atom stereocenters. The number of hydrazone groups is 1. The first-order valence-corrected chi connectivity index (χ1v) is 6.47. The largest absolute Gasteiger partial charge is 0.411 e. The maximum Gasteiger partial charge on any atom is 0.271 e. The topological polar surface area (TPSA) is 117 Å². The van der Waals surface area contributed by atoms with E-state index in [0.29, 0.717) is 5.56 Å². The number of nitrogens with zero attached hydrogens (tertiary/aromatic N) is 3. The third kappa shape index (κ3) is 4.21. The molecule has 0 aliphatic rings. The zero-order chi connectivity index (χ0) is 16.7. The van der Waals surface area contributed by atoms with Crippen molar-refractivity contribution in [3.63, 3.8) is 0 Å². The van der Waals surface area contributed by atoms with E-state index in [-0.39, 0.29) is 17.0 Å². The molecule has 8 nitrogen and oxygen atoms in total. The average Bonchev–Trinajstić information content (AvgIpc) is 2.59. The second kappa shape index (κ2) is 7.46. The predicted octanol–water partition coefficient (Wildman–Crippen LogP) is 2.19. The summed E-state index contributed by atoms with van der Waals surface area (Å²) in [5.74, 6) is -0.617. The van der Waals surface area contributed by atoms with Gasteiger partial charge < -0.3 is 5.21 Å². The monoisotopic (exact) mass is 312 g/mol. The van der Waals surface area contributed by atoms with E-state index in [1.54, 1.807) is 30.3 Å². The third-order valence-electron chi connectivity index (χ3n) is 2.85. The van der Waals surface area contributed by atoms with Crippen molar-refractivity contribution in [2.75, 3.05) is 0 Å². The number of oxime groups is 1. The molecule has 0 saturated carbocycles.